The maximum Gasteiger partial charge on any atom is 0.316 e. The minimum Gasteiger partial charge on any atom is -0.493 e. The third-order valence-corrected chi connectivity index (χ3v) is 4.72. The molecule has 3 rings (SSSR count). The van der Waals surface area contributed by atoms with Crippen molar-refractivity contribution in [1.29, 1.82) is 0 Å². The highest BCUT2D eigenvalue weighted by molar-refractivity contribution is 5.92. The van der Waals surface area contributed by atoms with E-state index in [0.29, 0.717) is 11.5 Å². The van der Waals surface area contributed by atoms with Crippen LogP contribution >= 0.6 is 0 Å². The van der Waals surface area contributed by atoms with Crippen LogP contribution in [0.1, 0.15) is 31.2 Å². The maximum atomic E-state index is 12.8. The summed E-state index contributed by atoms with van der Waals surface area (Å²) in [5.41, 5.74) is 0.842. The first kappa shape index (κ1) is 20.6. The molecule has 29 heavy (non-hydrogen) atoms. The first-order chi connectivity index (χ1) is 14.1. The molecule has 0 unspecified atom stereocenters. The van der Waals surface area contributed by atoms with Crippen molar-refractivity contribution in [1.82, 2.24) is 15.3 Å². The molecule has 1 heterocycles. The number of nitrogens with zero attached hydrogens (tertiary/aromatic N) is 2. The predicted molar refractivity (Wildman–Crippen MR) is 105 cm³/mol. The summed E-state index contributed by atoms with van der Waals surface area (Å²) in [6, 6.07) is 5.72. The van der Waals surface area contributed by atoms with Crippen LogP contribution in [0, 0.1) is 5.82 Å². The molecule has 1 N–H and O–H groups in total. The second kappa shape index (κ2) is 9.86. The maximum absolute atomic E-state index is 12.8. The molecule has 2 aromatic rings. The molecule has 1 fully saturated rings. The molecule has 0 aliphatic heterocycles. The molecule has 1 aliphatic rings. The van der Waals surface area contributed by atoms with E-state index >= 15 is 0 Å². The van der Waals surface area contributed by atoms with Crippen molar-refractivity contribution in [3.63, 3.8) is 0 Å². The Bertz CT molecular complexity index is 850. The quantitative estimate of drug-likeness (QED) is 0.718. The van der Waals surface area contributed by atoms with Gasteiger partial charge < -0.3 is 19.5 Å². The fraction of sp³-hybridized carbons (Fsp3) is 0.381. The van der Waals surface area contributed by atoms with Crippen molar-refractivity contribution in [2.75, 3.05) is 14.2 Å². The zero-order valence-electron chi connectivity index (χ0n) is 16.4. The van der Waals surface area contributed by atoms with Crippen LogP contribution in [0.2, 0.25) is 0 Å². The van der Waals surface area contributed by atoms with Gasteiger partial charge in [0.1, 0.15) is 6.10 Å². The topological polar surface area (TPSA) is 82.6 Å². The van der Waals surface area contributed by atoms with Crippen molar-refractivity contribution in [2.24, 2.45) is 0 Å². The zero-order valence-corrected chi connectivity index (χ0v) is 16.4. The fourth-order valence-electron chi connectivity index (χ4n) is 3.21. The van der Waals surface area contributed by atoms with Gasteiger partial charge in [-0.05, 0) is 49.5 Å². The van der Waals surface area contributed by atoms with Gasteiger partial charge >= 0.3 is 6.01 Å². The summed E-state index contributed by atoms with van der Waals surface area (Å²) in [7, 11) is 3.15. The number of aromatic nitrogens is 2. The molecule has 7 nitrogen and oxygen atoms in total. The van der Waals surface area contributed by atoms with Crippen LogP contribution in [0.3, 0.4) is 0 Å². The summed E-state index contributed by atoms with van der Waals surface area (Å²) in [5.74, 6) is 0.605. The molecule has 0 atom stereocenters. The molecule has 154 valence electrons. The lowest BCUT2D eigenvalue weighted by atomic mass is 9.93. The smallest absolute Gasteiger partial charge is 0.316 e. The Balaban J connectivity index is 1.46. The lowest BCUT2D eigenvalue weighted by molar-refractivity contribution is -0.117. The zero-order chi connectivity index (χ0) is 20.6. The number of carbonyl (C=O) groups excluding carboxylic acids is 1. The van der Waals surface area contributed by atoms with E-state index in [1.807, 2.05) is 12.1 Å². The number of hydrogen-bond acceptors (Lipinski definition) is 6. The molecule has 0 radical (unpaired) electrons. The van der Waals surface area contributed by atoms with Gasteiger partial charge in [0.2, 0.25) is 5.91 Å². The second-order valence-electron chi connectivity index (χ2n) is 6.73. The summed E-state index contributed by atoms with van der Waals surface area (Å²) < 4.78 is 29.0. The molecule has 1 aromatic carbocycles. The summed E-state index contributed by atoms with van der Waals surface area (Å²) in [4.78, 5) is 19.9. The van der Waals surface area contributed by atoms with E-state index in [0.717, 1.165) is 43.6 Å². The van der Waals surface area contributed by atoms with E-state index in [4.69, 9.17) is 14.2 Å². The minimum absolute atomic E-state index is 0.0316. The highest BCUT2D eigenvalue weighted by Crippen LogP contribution is 2.28. The Morgan fingerprint density at radius 3 is 2.45 bits per heavy atom. The molecular formula is C21H24FN3O4. The van der Waals surface area contributed by atoms with E-state index < -0.39 is 5.82 Å². The van der Waals surface area contributed by atoms with Crippen LogP contribution in [0.15, 0.2) is 36.7 Å². The van der Waals surface area contributed by atoms with Gasteiger partial charge in [0.25, 0.3) is 0 Å². The number of carbonyl (C=O) groups is 1. The highest BCUT2D eigenvalue weighted by atomic mass is 19.1. The first-order valence-corrected chi connectivity index (χ1v) is 9.42. The van der Waals surface area contributed by atoms with Crippen LogP contribution in [-0.2, 0) is 4.79 Å². The summed E-state index contributed by atoms with van der Waals surface area (Å²) in [6.45, 7) is 0. The molecule has 0 bridgehead atoms. The standard InChI is InChI=1S/C21H24FN3O4/c1-27-18-9-3-14(11-19(18)28-2)4-10-20(26)25-16-5-7-17(8-6-16)29-21-23-12-15(22)13-24-21/h3-4,9-13,16-17H,5-8H2,1-2H3,(H,25,26)/b10-4+. The third kappa shape index (κ3) is 5.91. The number of rotatable bonds is 7. The van der Waals surface area contributed by atoms with Gasteiger partial charge in [-0.3, -0.25) is 4.79 Å². The van der Waals surface area contributed by atoms with Crippen LogP contribution in [0.5, 0.6) is 17.5 Å². The molecule has 1 saturated carbocycles. The Kier molecular flexibility index (Phi) is 6.99. The van der Waals surface area contributed by atoms with E-state index in [1.165, 1.54) is 6.08 Å². The second-order valence-corrected chi connectivity index (χ2v) is 6.73. The van der Waals surface area contributed by atoms with Gasteiger partial charge in [0.05, 0.1) is 26.6 Å². The third-order valence-electron chi connectivity index (χ3n) is 4.72. The number of amides is 1. The number of benzene rings is 1. The van der Waals surface area contributed by atoms with Crippen molar-refractivity contribution in [2.45, 2.75) is 37.8 Å². The van der Waals surface area contributed by atoms with Gasteiger partial charge in [-0.2, -0.15) is 0 Å². The average Bonchev–Trinajstić information content (AvgIpc) is 2.75. The molecule has 0 spiro atoms. The molecule has 8 heteroatoms. The van der Waals surface area contributed by atoms with Gasteiger partial charge in [-0.1, -0.05) is 6.07 Å². The fourth-order valence-corrected chi connectivity index (χ4v) is 3.21. The van der Waals surface area contributed by atoms with Gasteiger partial charge in [0, 0.05) is 12.1 Å². The van der Waals surface area contributed by atoms with Crippen molar-refractivity contribution in [3.8, 4) is 17.5 Å². The molecule has 1 aliphatic carbocycles. The van der Waals surface area contributed by atoms with E-state index in [-0.39, 0.29) is 24.1 Å². The molecule has 1 aromatic heterocycles. The Morgan fingerprint density at radius 2 is 1.79 bits per heavy atom. The van der Waals surface area contributed by atoms with Crippen molar-refractivity contribution in [3.05, 3.63) is 48.0 Å². The Hall–Kier alpha value is -3.16. The monoisotopic (exact) mass is 401 g/mol. The van der Waals surface area contributed by atoms with E-state index in [1.54, 1.807) is 26.4 Å². The number of methoxy groups -OCH3 is 2. The minimum atomic E-state index is -0.495. The largest absolute Gasteiger partial charge is 0.493 e. The van der Waals surface area contributed by atoms with Gasteiger partial charge in [-0.25, -0.2) is 14.4 Å². The Labute approximate surface area is 168 Å². The van der Waals surface area contributed by atoms with Crippen LogP contribution in [0.4, 0.5) is 4.39 Å². The van der Waals surface area contributed by atoms with Crippen LogP contribution in [0.25, 0.3) is 6.08 Å². The Morgan fingerprint density at radius 1 is 1.10 bits per heavy atom. The molecule has 1 amide bonds. The van der Waals surface area contributed by atoms with E-state index in [2.05, 4.69) is 15.3 Å². The van der Waals surface area contributed by atoms with Crippen molar-refractivity contribution < 1.29 is 23.4 Å². The number of hydrogen-bond donors (Lipinski definition) is 1. The number of nitrogens with one attached hydrogen (secondary N) is 1. The summed E-state index contributed by atoms with van der Waals surface area (Å²) >= 11 is 0. The highest BCUT2D eigenvalue weighted by Gasteiger charge is 2.23. The van der Waals surface area contributed by atoms with Gasteiger partial charge in [-0.15, -0.1) is 0 Å². The first-order valence-electron chi connectivity index (χ1n) is 9.42. The molecule has 0 saturated heterocycles. The summed E-state index contributed by atoms with van der Waals surface area (Å²) in [6.07, 6.45) is 8.50. The van der Waals surface area contributed by atoms with Crippen LogP contribution < -0.4 is 19.5 Å². The normalized spacial score (nSPS) is 19.0. The molecular weight excluding hydrogens is 377 g/mol. The van der Waals surface area contributed by atoms with E-state index in [9.17, 15) is 9.18 Å². The predicted octanol–water partition coefficient (Wildman–Crippen LogP) is 3.15. The van der Waals surface area contributed by atoms with Crippen molar-refractivity contribution >= 4 is 12.0 Å². The lowest BCUT2D eigenvalue weighted by Crippen LogP contribution is -2.39. The number of halogens is 1. The lowest BCUT2D eigenvalue weighted by Gasteiger charge is -2.28. The van der Waals surface area contributed by atoms with Gasteiger partial charge in [0.15, 0.2) is 17.3 Å². The van der Waals surface area contributed by atoms with Crippen LogP contribution in [-0.4, -0.2) is 42.2 Å². The average molecular weight is 401 g/mol. The number of ether oxygens (including phenoxy) is 3. The SMILES string of the molecule is COc1ccc(/C=C/C(=O)NC2CCC(Oc3ncc(F)cn3)CC2)cc1OC. The summed E-state index contributed by atoms with van der Waals surface area (Å²) in [5, 5.41) is 3.01.